The first-order valence-corrected chi connectivity index (χ1v) is 8.46. The molecule has 128 valence electrons. The van der Waals surface area contributed by atoms with Crippen LogP contribution in [0.3, 0.4) is 0 Å². The smallest absolute Gasteiger partial charge is 0.319 e. The Morgan fingerprint density at radius 2 is 2.04 bits per heavy atom. The van der Waals surface area contributed by atoms with Crippen LogP contribution >= 0.6 is 0 Å². The third-order valence-electron chi connectivity index (χ3n) is 4.28. The number of fused-ring (bicyclic) bond motifs is 1. The lowest BCUT2D eigenvalue weighted by Crippen LogP contribution is -2.28. The molecule has 0 saturated carbocycles. The second kappa shape index (κ2) is 6.80. The molecule has 0 radical (unpaired) electrons. The van der Waals surface area contributed by atoms with Crippen molar-refractivity contribution in [3.05, 3.63) is 54.6 Å². The molecule has 1 aliphatic heterocycles. The largest absolute Gasteiger partial charge is 0.357 e. The van der Waals surface area contributed by atoms with Crippen LogP contribution in [0, 0.1) is 0 Å². The fourth-order valence-corrected chi connectivity index (χ4v) is 3.01. The topological polar surface area (TPSA) is 74.6 Å². The molecule has 3 aromatic heterocycles. The Labute approximate surface area is 145 Å². The standard InChI is InChI=1S/C18H20N6O/c25-18(20-12-15-13-24-10-2-1-5-17(24)21-15)22-14-6-7-16(19-11-14)23-8-3-4-9-23/h1-2,5-7,10-11,13H,3-4,8-9,12H2,(H2,20,22,25). The minimum Gasteiger partial charge on any atom is -0.357 e. The molecular formula is C18H20N6O. The van der Waals surface area contributed by atoms with Gasteiger partial charge in [-0.25, -0.2) is 14.8 Å². The fraction of sp³-hybridized carbons (Fsp3) is 0.278. The Morgan fingerprint density at radius 1 is 1.16 bits per heavy atom. The highest BCUT2D eigenvalue weighted by Gasteiger charge is 2.13. The summed E-state index contributed by atoms with van der Waals surface area (Å²) >= 11 is 0. The van der Waals surface area contributed by atoms with E-state index >= 15 is 0 Å². The second-order valence-corrected chi connectivity index (χ2v) is 6.11. The van der Waals surface area contributed by atoms with Crippen molar-refractivity contribution in [3.63, 3.8) is 0 Å². The minimum absolute atomic E-state index is 0.271. The number of carbonyl (C=O) groups is 1. The average molecular weight is 336 g/mol. The molecule has 3 aromatic rings. The van der Waals surface area contributed by atoms with E-state index in [4.69, 9.17) is 0 Å². The van der Waals surface area contributed by atoms with E-state index in [0.29, 0.717) is 12.2 Å². The van der Waals surface area contributed by atoms with Crippen LogP contribution < -0.4 is 15.5 Å². The highest BCUT2D eigenvalue weighted by Crippen LogP contribution is 2.18. The van der Waals surface area contributed by atoms with Crippen molar-refractivity contribution in [2.45, 2.75) is 19.4 Å². The lowest BCUT2D eigenvalue weighted by Gasteiger charge is -2.16. The van der Waals surface area contributed by atoms with Crippen molar-refractivity contribution < 1.29 is 4.79 Å². The molecule has 7 nitrogen and oxygen atoms in total. The Hall–Kier alpha value is -3.09. The van der Waals surface area contributed by atoms with E-state index in [9.17, 15) is 4.79 Å². The molecule has 4 heterocycles. The Kier molecular flexibility index (Phi) is 4.20. The van der Waals surface area contributed by atoms with Crippen LogP contribution in [0.2, 0.25) is 0 Å². The van der Waals surface area contributed by atoms with Gasteiger partial charge in [0.05, 0.1) is 24.1 Å². The number of hydrogen-bond donors (Lipinski definition) is 2. The molecule has 1 fully saturated rings. The molecule has 0 bridgehead atoms. The van der Waals surface area contributed by atoms with Gasteiger partial charge in [0.1, 0.15) is 11.5 Å². The van der Waals surface area contributed by atoms with Gasteiger partial charge in [-0.3, -0.25) is 0 Å². The first-order valence-electron chi connectivity index (χ1n) is 8.46. The van der Waals surface area contributed by atoms with E-state index in [0.717, 1.165) is 30.2 Å². The third kappa shape index (κ3) is 3.55. The third-order valence-corrected chi connectivity index (χ3v) is 4.28. The minimum atomic E-state index is -0.271. The predicted octanol–water partition coefficient (Wildman–Crippen LogP) is 2.65. The maximum absolute atomic E-state index is 12.0. The zero-order chi connectivity index (χ0) is 17.1. The Morgan fingerprint density at radius 3 is 2.80 bits per heavy atom. The number of urea groups is 1. The molecule has 25 heavy (non-hydrogen) atoms. The van der Waals surface area contributed by atoms with Gasteiger partial charge in [0, 0.05) is 25.5 Å². The van der Waals surface area contributed by atoms with Crippen LogP contribution in [0.1, 0.15) is 18.5 Å². The number of nitrogens with one attached hydrogen (secondary N) is 2. The van der Waals surface area contributed by atoms with E-state index in [1.807, 2.05) is 47.1 Å². The van der Waals surface area contributed by atoms with Gasteiger partial charge >= 0.3 is 6.03 Å². The SMILES string of the molecule is O=C(NCc1cn2ccccc2n1)Nc1ccc(N2CCCC2)nc1. The van der Waals surface area contributed by atoms with Crippen LogP contribution in [0.5, 0.6) is 0 Å². The quantitative estimate of drug-likeness (QED) is 0.768. The maximum atomic E-state index is 12.0. The monoisotopic (exact) mass is 336 g/mol. The number of pyridine rings is 2. The molecule has 0 atom stereocenters. The molecule has 4 rings (SSSR count). The molecule has 2 N–H and O–H groups in total. The van der Waals surface area contributed by atoms with E-state index in [-0.39, 0.29) is 6.03 Å². The zero-order valence-electron chi connectivity index (χ0n) is 13.9. The molecule has 1 aliphatic rings. The zero-order valence-corrected chi connectivity index (χ0v) is 13.9. The number of nitrogens with zero attached hydrogens (tertiary/aromatic N) is 4. The predicted molar refractivity (Wildman–Crippen MR) is 96.7 cm³/mol. The normalized spacial score (nSPS) is 14.0. The molecule has 0 aliphatic carbocycles. The van der Waals surface area contributed by atoms with Crippen molar-refractivity contribution in [3.8, 4) is 0 Å². The second-order valence-electron chi connectivity index (χ2n) is 6.11. The van der Waals surface area contributed by atoms with Crippen LogP contribution in [0.25, 0.3) is 5.65 Å². The summed E-state index contributed by atoms with van der Waals surface area (Å²) in [6.07, 6.45) is 7.96. The number of anilines is 2. The van der Waals surface area contributed by atoms with Crippen molar-refractivity contribution in [1.82, 2.24) is 19.7 Å². The molecule has 0 unspecified atom stereocenters. The molecule has 1 saturated heterocycles. The highest BCUT2D eigenvalue weighted by atomic mass is 16.2. The van der Waals surface area contributed by atoms with Crippen molar-refractivity contribution >= 4 is 23.2 Å². The molecular weight excluding hydrogens is 316 g/mol. The van der Waals surface area contributed by atoms with Gasteiger partial charge in [0.2, 0.25) is 0 Å². The molecule has 7 heteroatoms. The van der Waals surface area contributed by atoms with E-state index in [1.165, 1.54) is 12.8 Å². The lowest BCUT2D eigenvalue weighted by molar-refractivity contribution is 0.251. The van der Waals surface area contributed by atoms with E-state index in [2.05, 4.69) is 25.5 Å². The fourth-order valence-electron chi connectivity index (χ4n) is 3.01. The van der Waals surface area contributed by atoms with Crippen LogP contribution in [-0.2, 0) is 6.54 Å². The summed E-state index contributed by atoms with van der Waals surface area (Å²) in [4.78, 5) is 23.2. The van der Waals surface area contributed by atoms with Crippen molar-refractivity contribution in [2.75, 3.05) is 23.3 Å². The summed E-state index contributed by atoms with van der Waals surface area (Å²) in [5.74, 6) is 0.966. The number of aromatic nitrogens is 3. The molecule has 2 amide bonds. The van der Waals surface area contributed by atoms with E-state index in [1.54, 1.807) is 6.20 Å². The number of amides is 2. The summed E-state index contributed by atoms with van der Waals surface area (Å²) in [5.41, 5.74) is 2.35. The number of carbonyl (C=O) groups excluding carboxylic acids is 1. The van der Waals surface area contributed by atoms with Crippen LogP contribution in [0.15, 0.2) is 48.9 Å². The van der Waals surface area contributed by atoms with E-state index < -0.39 is 0 Å². The molecule has 0 aromatic carbocycles. The Balaban J connectivity index is 1.32. The first-order chi connectivity index (χ1) is 12.3. The van der Waals surface area contributed by atoms with Crippen molar-refractivity contribution in [2.24, 2.45) is 0 Å². The summed E-state index contributed by atoms with van der Waals surface area (Å²) < 4.78 is 1.93. The number of hydrogen-bond acceptors (Lipinski definition) is 4. The molecule has 0 spiro atoms. The summed E-state index contributed by atoms with van der Waals surface area (Å²) in [5, 5.41) is 5.61. The van der Waals surface area contributed by atoms with Gasteiger partial charge in [0.15, 0.2) is 0 Å². The summed E-state index contributed by atoms with van der Waals surface area (Å²) in [6, 6.07) is 9.36. The van der Waals surface area contributed by atoms with Gasteiger partial charge in [-0.2, -0.15) is 0 Å². The van der Waals surface area contributed by atoms with Gasteiger partial charge < -0.3 is 19.9 Å². The van der Waals surface area contributed by atoms with Crippen LogP contribution in [0.4, 0.5) is 16.3 Å². The number of rotatable bonds is 4. The van der Waals surface area contributed by atoms with Crippen molar-refractivity contribution in [1.29, 1.82) is 0 Å². The summed E-state index contributed by atoms with van der Waals surface area (Å²) in [7, 11) is 0. The van der Waals surface area contributed by atoms with Gasteiger partial charge in [-0.1, -0.05) is 6.07 Å². The average Bonchev–Trinajstić information content (AvgIpc) is 3.30. The lowest BCUT2D eigenvalue weighted by atomic mass is 10.4. The first kappa shape index (κ1) is 15.4. The highest BCUT2D eigenvalue weighted by molar-refractivity contribution is 5.89. The van der Waals surface area contributed by atoms with Crippen LogP contribution in [-0.4, -0.2) is 33.5 Å². The maximum Gasteiger partial charge on any atom is 0.319 e. The van der Waals surface area contributed by atoms with Gasteiger partial charge in [0.25, 0.3) is 0 Å². The van der Waals surface area contributed by atoms with Gasteiger partial charge in [-0.15, -0.1) is 0 Å². The van der Waals surface area contributed by atoms with Gasteiger partial charge in [-0.05, 0) is 37.1 Å². The summed E-state index contributed by atoms with van der Waals surface area (Å²) in [6.45, 7) is 2.48. The number of imidazole rings is 1. The Bertz CT molecular complexity index is 834.